The van der Waals surface area contributed by atoms with Gasteiger partial charge in [0.2, 0.25) is 0 Å². The van der Waals surface area contributed by atoms with Crippen molar-refractivity contribution in [2.45, 2.75) is 46.7 Å². The third kappa shape index (κ3) is 6.09. The lowest BCUT2D eigenvalue weighted by Gasteiger charge is -2.27. The lowest BCUT2D eigenvalue weighted by molar-refractivity contribution is 0.254. The third-order valence-electron chi connectivity index (χ3n) is 4.88. The largest absolute Gasteiger partial charge is 0.355 e. The van der Waals surface area contributed by atoms with Gasteiger partial charge in [0.1, 0.15) is 0 Å². The quantitative estimate of drug-likeness (QED) is 0.542. The highest BCUT2D eigenvalue weighted by Gasteiger charge is 2.14. The molecule has 28 heavy (non-hydrogen) atoms. The number of nitrogens with one attached hydrogen (secondary N) is 2. The molecule has 0 bridgehead atoms. The van der Waals surface area contributed by atoms with Crippen LogP contribution in [0.3, 0.4) is 0 Å². The summed E-state index contributed by atoms with van der Waals surface area (Å²) in [6.45, 7) is 10.2. The molecule has 0 aliphatic heterocycles. The van der Waals surface area contributed by atoms with E-state index in [2.05, 4.69) is 90.8 Å². The van der Waals surface area contributed by atoms with Gasteiger partial charge >= 0.3 is 0 Å². The second-order valence-electron chi connectivity index (χ2n) is 8.02. The Kier molecular flexibility index (Phi) is 8.05. The summed E-state index contributed by atoms with van der Waals surface area (Å²) in [7, 11) is 6.08. The Bertz CT molecular complexity index is 775. The van der Waals surface area contributed by atoms with E-state index in [0.717, 1.165) is 36.0 Å². The predicted octanol–water partition coefficient (Wildman–Crippen LogP) is 3.13. The number of guanidine groups is 1. The standard InChI is InChI=1S/C22H36N6/c1-16(2)12-20(27(6)7)15-25-22(23-5)24-14-19-10-8-9-11-21(19)28-18(4)13-17(3)26-28/h8-11,13,16,20H,12,14-15H2,1-7H3,(H2,23,24,25). The summed E-state index contributed by atoms with van der Waals surface area (Å²) >= 11 is 0. The zero-order chi connectivity index (χ0) is 20.7. The smallest absolute Gasteiger partial charge is 0.191 e. The van der Waals surface area contributed by atoms with Crippen LogP contribution in [0.25, 0.3) is 5.69 Å². The fraction of sp³-hybridized carbons (Fsp3) is 0.545. The summed E-state index contributed by atoms with van der Waals surface area (Å²) in [5, 5.41) is 11.6. The Morgan fingerprint density at radius 1 is 1.18 bits per heavy atom. The van der Waals surface area contributed by atoms with Crippen LogP contribution in [-0.2, 0) is 6.54 Å². The zero-order valence-electron chi connectivity index (χ0n) is 18.5. The molecule has 1 heterocycles. The Morgan fingerprint density at radius 3 is 2.46 bits per heavy atom. The molecule has 0 spiro atoms. The summed E-state index contributed by atoms with van der Waals surface area (Å²) in [5.74, 6) is 1.48. The van der Waals surface area contributed by atoms with Crippen LogP contribution in [0.2, 0.25) is 0 Å². The number of likely N-dealkylation sites (N-methyl/N-ethyl adjacent to an activating group) is 1. The fourth-order valence-electron chi connectivity index (χ4n) is 3.37. The first-order valence-electron chi connectivity index (χ1n) is 10.0. The van der Waals surface area contributed by atoms with Gasteiger partial charge in [0.05, 0.1) is 11.4 Å². The van der Waals surface area contributed by atoms with Crippen LogP contribution in [-0.4, -0.2) is 54.4 Å². The topological polar surface area (TPSA) is 57.5 Å². The molecule has 0 saturated carbocycles. The molecular weight excluding hydrogens is 348 g/mol. The highest BCUT2D eigenvalue weighted by Crippen LogP contribution is 2.17. The van der Waals surface area contributed by atoms with Crippen molar-refractivity contribution >= 4 is 5.96 Å². The van der Waals surface area contributed by atoms with Crippen LogP contribution in [0.5, 0.6) is 0 Å². The van der Waals surface area contributed by atoms with Crippen LogP contribution >= 0.6 is 0 Å². The van der Waals surface area contributed by atoms with Gasteiger partial charge < -0.3 is 15.5 Å². The second-order valence-corrected chi connectivity index (χ2v) is 8.02. The number of aromatic nitrogens is 2. The Labute approximate surface area is 170 Å². The van der Waals surface area contributed by atoms with Gasteiger partial charge in [-0.05, 0) is 58.0 Å². The monoisotopic (exact) mass is 384 g/mol. The molecule has 0 saturated heterocycles. The number of hydrogen-bond donors (Lipinski definition) is 2. The van der Waals surface area contributed by atoms with Crippen molar-refractivity contribution in [1.82, 2.24) is 25.3 Å². The van der Waals surface area contributed by atoms with Gasteiger partial charge in [0, 0.05) is 31.9 Å². The summed E-state index contributed by atoms with van der Waals surface area (Å²) in [4.78, 5) is 6.67. The van der Waals surface area contributed by atoms with Crippen LogP contribution < -0.4 is 10.6 Å². The van der Waals surface area contributed by atoms with Gasteiger partial charge in [-0.3, -0.25) is 4.99 Å². The number of aliphatic imine (C=N–C) groups is 1. The Balaban J connectivity index is 2.03. The average molecular weight is 385 g/mol. The van der Waals surface area contributed by atoms with Crippen LogP contribution in [0.1, 0.15) is 37.2 Å². The first-order valence-corrected chi connectivity index (χ1v) is 10.0. The first kappa shape index (κ1) is 22.0. The number of benzene rings is 1. The Morgan fingerprint density at radius 2 is 1.89 bits per heavy atom. The lowest BCUT2D eigenvalue weighted by atomic mass is 10.0. The number of hydrogen-bond acceptors (Lipinski definition) is 3. The van der Waals surface area contributed by atoms with E-state index in [-0.39, 0.29) is 0 Å². The minimum absolute atomic E-state index is 0.473. The SMILES string of the molecule is CN=C(NCc1ccccc1-n1nc(C)cc1C)NCC(CC(C)C)N(C)C. The molecule has 6 nitrogen and oxygen atoms in total. The maximum Gasteiger partial charge on any atom is 0.191 e. The van der Waals surface area contributed by atoms with Crippen molar-refractivity contribution in [3.05, 3.63) is 47.3 Å². The highest BCUT2D eigenvalue weighted by atomic mass is 15.3. The molecule has 0 fully saturated rings. The number of aryl methyl sites for hydroxylation is 2. The average Bonchev–Trinajstić information content (AvgIpc) is 2.98. The zero-order valence-corrected chi connectivity index (χ0v) is 18.5. The molecule has 2 N–H and O–H groups in total. The molecule has 0 radical (unpaired) electrons. The lowest BCUT2D eigenvalue weighted by Crippen LogP contribution is -2.45. The molecular formula is C22H36N6. The molecule has 1 atom stereocenters. The minimum atomic E-state index is 0.473. The second kappa shape index (κ2) is 10.3. The number of para-hydroxylation sites is 1. The highest BCUT2D eigenvalue weighted by molar-refractivity contribution is 5.79. The predicted molar refractivity (Wildman–Crippen MR) is 118 cm³/mol. The molecule has 1 aromatic heterocycles. The van der Waals surface area contributed by atoms with Crippen molar-refractivity contribution in [3.63, 3.8) is 0 Å². The fourth-order valence-corrected chi connectivity index (χ4v) is 3.37. The van der Waals surface area contributed by atoms with Crippen LogP contribution in [0.4, 0.5) is 0 Å². The van der Waals surface area contributed by atoms with Crippen molar-refractivity contribution in [3.8, 4) is 5.69 Å². The van der Waals surface area contributed by atoms with Crippen molar-refractivity contribution in [1.29, 1.82) is 0 Å². The first-order chi connectivity index (χ1) is 13.3. The maximum absolute atomic E-state index is 4.63. The van der Waals surface area contributed by atoms with Crippen molar-refractivity contribution < 1.29 is 0 Å². The van der Waals surface area contributed by atoms with Gasteiger partial charge in [-0.1, -0.05) is 32.0 Å². The van der Waals surface area contributed by atoms with E-state index in [4.69, 9.17) is 0 Å². The number of nitrogens with zero attached hydrogens (tertiary/aromatic N) is 4. The maximum atomic E-state index is 4.63. The van der Waals surface area contributed by atoms with E-state index < -0.39 is 0 Å². The summed E-state index contributed by atoms with van der Waals surface area (Å²) in [6, 6.07) is 10.9. The molecule has 0 amide bonds. The molecule has 154 valence electrons. The third-order valence-corrected chi connectivity index (χ3v) is 4.88. The van der Waals surface area contributed by atoms with E-state index in [9.17, 15) is 0 Å². The molecule has 1 unspecified atom stereocenters. The van der Waals surface area contributed by atoms with Gasteiger partial charge in [0.15, 0.2) is 5.96 Å². The minimum Gasteiger partial charge on any atom is -0.355 e. The van der Waals surface area contributed by atoms with E-state index >= 15 is 0 Å². The number of rotatable bonds is 8. The molecule has 2 rings (SSSR count). The molecule has 6 heteroatoms. The molecule has 0 aliphatic carbocycles. The van der Waals surface area contributed by atoms with E-state index in [0.29, 0.717) is 18.5 Å². The normalized spacial score (nSPS) is 13.2. The summed E-state index contributed by atoms with van der Waals surface area (Å²) in [6.07, 6.45) is 1.15. The summed E-state index contributed by atoms with van der Waals surface area (Å²) in [5.41, 5.74) is 4.44. The van der Waals surface area contributed by atoms with Crippen molar-refractivity contribution in [2.75, 3.05) is 27.7 Å². The van der Waals surface area contributed by atoms with Gasteiger partial charge in [-0.2, -0.15) is 5.10 Å². The van der Waals surface area contributed by atoms with E-state index in [1.165, 1.54) is 5.56 Å². The van der Waals surface area contributed by atoms with E-state index in [1.807, 2.05) is 18.7 Å². The van der Waals surface area contributed by atoms with Crippen molar-refractivity contribution in [2.24, 2.45) is 10.9 Å². The van der Waals surface area contributed by atoms with Crippen LogP contribution in [0, 0.1) is 19.8 Å². The molecule has 2 aromatic rings. The summed E-state index contributed by atoms with van der Waals surface area (Å²) < 4.78 is 2.01. The molecule has 1 aromatic carbocycles. The van der Waals surface area contributed by atoms with Gasteiger partial charge in [0.25, 0.3) is 0 Å². The molecule has 0 aliphatic rings. The Hall–Kier alpha value is -2.34. The van der Waals surface area contributed by atoms with Gasteiger partial charge in [-0.25, -0.2) is 4.68 Å². The van der Waals surface area contributed by atoms with Gasteiger partial charge in [-0.15, -0.1) is 0 Å². The van der Waals surface area contributed by atoms with E-state index in [1.54, 1.807) is 0 Å². The van der Waals surface area contributed by atoms with Crippen LogP contribution in [0.15, 0.2) is 35.3 Å².